The fourth-order valence-electron chi connectivity index (χ4n) is 1.75. The van der Waals surface area contributed by atoms with Gasteiger partial charge in [-0.1, -0.05) is 13.8 Å². The molecule has 0 atom stereocenters. The highest BCUT2D eigenvalue weighted by Crippen LogP contribution is 2.08. The Kier molecular flexibility index (Phi) is 2.34. The Balaban J connectivity index is 2.57. The van der Waals surface area contributed by atoms with Gasteiger partial charge in [0.15, 0.2) is 5.65 Å². The van der Waals surface area contributed by atoms with Crippen LogP contribution in [0.25, 0.3) is 5.65 Å². The van der Waals surface area contributed by atoms with Gasteiger partial charge in [-0.3, -0.25) is 9.89 Å². The first-order valence-corrected chi connectivity index (χ1v) is 5.14. The predicted molar refractivity (Wildman–Crippen MR) is 59.1 cm³/mol. The Morgan fingerprint density at radius 2 is 2.20 bits per heavy atom. The zero-order valence-corrected chi connectivity index (χ0v) is 9.24. The lowest BCUT2D eigenvalue weighted by atomic mass is 10.0. The first-order valence-electron chi connectivity index (χ1n) is 5.14. The Hall–Kier alpha value is -1.58. The summed E-state index contributed by atoms with van der Waals surface area (Å²) in [7, 11) is 0. The van der Waals surface area contributed by atoms with Crippen molar-refractivity contribution < 1.29 is 0 Å². The quantitative estimate of drug-likeness (QED) is 0.808. The zero-order chi connectivity index (χ0) is 11.0. The number of nitrogens with one attached hydrogen (secondary N) is 1. The van der Waals surface area contributed by atoms with Crippen molar-refractivity contribution in [2.24, 2.45) is 5.92 Å². The molecule has 80 valence electrons. The van der Waals surface area contributed by atoms with Crippen molar-refractivity contribution in [2.45, 2.75) is 27.2 Å². The Morgan fingerprint density at radius 1 is 1.47 bits per heavy atom. The van der Waals surface area contributed by atoms with Crippen LogP contribution in [0, 0.1) is 12.8 Å². The minimum Gasteiger partial charge on any atom is -0.277 e. The summed E-state index contributed by atoms with van der Waals surface area (Å²) in [6, 6.07) is 3.63. The van der Waals surface area contributed by atoms with Crippen LogP contribution < -0.4 is 5.56 Å². The van der Waals surface area contributed by atoms with Crippen LogP contribution in [0.5, 0.6) is 0 Å². The molecule has 2 aromatic heterocycles. The summed E-state index contributed by atoms with van der Waals surface area (Å²) in [4.78, 5) is 15.9. The van der Waals surface area contributed by atoms with Gasteiger partial charge < -0.3 is 0 Å². The molecule has 0 saturated heterocycles. The van der Waals surface area contributed by atoms with Crippen LogP contribution in [-0.4, -0.2) is 14.6 Å². The van der Waals surface area contributed by atoms with Gasteiger partial charge in [0.2, 0.25) is 0 Å². The van der Waals surface area contributed by atoms with Crippen LogP contribution in [0.15, 0.2) is 16.9 Å². The normalized spacial score (nSPS) is 11.5. The van der Waals surface area contributed by atoms with Gasteiger partial charge in [0, 0.05) is 6.07 Å². The van der Waals surface area contributed by atoms with E-state index >= 15 is 0 Å². The number of aryl methyl sites for hydroxylation is 1. The molecule has 0 aliphatic rings. The molecule has 0 fully saturated rings. The van der Waals surface area contributed by atoms with Crippen LogP contribution in [-0.2, 0) is 6.42 Å². The lowest BCUT2D eigenvalue weighted by Gasteiger charge is -2.03. The number of pyridine rings is 1. The standard InChI is InChI=1S/C11H15N3O/c1-7(2)4-9-5-10-12-8(3)13-14(10)11(15)6-9/h5-7H,4H2,1-3H3,(H,12,13). The van der Waals surface area contributed by atoms with Gasteiger partial charge >= 0.3 is 0 Å². The van der Waals surface area contributed by atoms with Gasteiger partial charge in [0.1, 0.15) is 5.82 Å². The lowest BCUT2D eigenvalue weighted by Crippen LogP contribution is -2.14. The molecule has 0 aromatic carbocycles. The summed E-state index contributed by atoms with van der Waals surface area (Å²) < 4.78 is 1.47. The molecule has 0 aliphatic carbocycles. The largest absolute Gasteiger partial charge is 0.277 e. The van der Waals surface area contributed by atoms with Gasteiger partial charge in [0.25, 0.3) is 5.56 Å². The lowest BCUT2D eigenvalue weighted by molar-refractivity contribution is 0.646. The molecular weight excluding hydrogens is 190 g/mol. The first kappa shape index (κ1) is 9.96. The van der Waals surface area contributed by atoms with Gasteiger partial charge in [-0.2, -0.15) is 0 Å². The maximum Gasteiger partial charge on any atom is 0.271 e. The molecule has 2 rings (SSSR count). The number of aromatic nitrogens is 3. The first-order chi connectivity index (χ1) is 7.06. The third-order valence-electron chi connectivity index (χ3n) is 2.27. The summed E-state index contributed by atoms with van der Waals surface area (Å²) >= 11 is 0. The van der Waals surface area contributed by atoms with Crippen LogP contribution in [0.1, 0.15) is 25.2 Å². The highest BCUT2D eigenvalue weighted by atomic mass is 16.1. The fraction of sp³-hybridized carbons (Fsp3) is 0.455. The maximum atomic E-state index is 11.7. The molecule has 0 unspecified atom stereocenters. The Labute approximate surface area is 87.9 Å². The predicted octanol–water partition coefficient (Wildman–Crippen LogP) is 1.53. The van der Waals surface area contributed by atoms with E-state index in [0.29, 0.717) is 11.6 Å². The second-order valence-corrected chi connectivity index (χ2v) is 4.30. The number of hydrogen-bond donors (Lipinski definition) is 1. The molecule has 0 bridgehead atoms. The minimum atomic E-state index is -0.0382. The maximum absolute atomic E-state index is 11.7. The van der Waals surface area contributed by atoms with Crippen molar-refractivity contribution in [3.05, 3.63) is 33.9 Å². The fourth-order valence-corrected chi connectivity index (χ4v) is 1.75. The van der Waals surface area contributed by atoms with Crippen LogP contribution in [0.2, 0.25) is 0 Å². The summed E-state index contributed by atoms with van der Waals surface area (Å²) in [5, 5.41) is 2.90. The average molecular weight is 205 g/mol. The number of hydrogen-bond acceptors (Lipinski definition) is 2. The number of nitrogens with zero attached hydrogens (tertiary/aromatic N) is 2. The molecule has 0 saturated carbocycles. The SMILES string of the molecule is Cc1nc2cc(CC(C)C)cc(=O)n2[nH]1. The monoisotopic (exact) mass is 205 g/mol. The van der Waals surface area contributed by atoms with Crippen molar-refractivity contribution in [1.82, 2.24) is 14.6 Å². The number of H-pyrrole nitrogens is 1. The molecule has 0 amide bonds. The summed E-state index contributed by atoms with van der Waals surface area (Å²) in [6.07, 6.45) is 0.914. The van der Waals surface area contributed by atoms with Gasteiger partial charge in [-0.25, -0.2) is 9.50 Å². The third-order valence-corrected chi connectivity index (χ3v) is 2.27. The number of fused-ring (bicyclic) bond motifs is 1. The Bertz CT molecular complexity index is 536. The molecule has 1 N–H and O–H groups in total. The zero-order valence-electron chi connectivity index (χ0n) is 9.24. The van der Waals surface area contributed by atoms with E-state index in [1.165, 1.54) is 4.52 Å². The summed E-state index contributed by atoms with van der Waals surface area (Å²) in [6.45, 7) is 6.11. The van der Waals surface area contributed by atoms with Crippen LogP contribution >= 0.6 is 0 Å². The summed E-state index contributed by atoms with van der Waals surface area (Å²) in [5.74, 6) is 1.31. The Morgan fingerprint density at radius 3 is 2.87 bits per heavy atom. The molecule has 0 radical (unpaired) electrons. The molecule has 15 heavy (non-hydrogen) atoms. The van der Waals surface area contributed by atoms with E-state index in [1.807, 2.05) is 13.0 Å². The van der Waals surface area contributed by atoms with E-state index in [0.717, 1.165) is 17.8 Å². The molecule has 2 heterocycles. The topological polar surface area (TPSA) is 50.2 Å². The highest BCUT2D eigenvalue weighted by molar-refractivity contribution is 5.40. The van der Waals surface area contributed by atoms with Crippen LogP contribution in [0.3, 0.4) is 0 Å². The number of rotatable bonds is 2. The molecule has 0 aliphatic heterocycles. The van der Waals surface area contributed by atoms with Gasteiger partial charge in [-0.15, -0.1) is 0 Å². The van der Waals surface area contributed by atoms with E-state index in [9.17, 15) is 4.79 Å². The van der Waals surface area contributed by atoms with Gasteiger partial charge in [0.05, 0.1) is 0 Å². The molecule has 0 spiro atoms. The van der Waals surface area contributed by atoms with E-state index < -0.39 is 0 Å². The second-order valence-electron chi connectivity index (χ2n) is 4.30. The third kappa shape index (κ3) is 1.93. The molecule has 4 heteroatoms. The van der Waals surface area contributed by atoms with Crippen molar-refractivity contribution in [2.75, 3.05) is 0 Å². The van der Waals surface area contributed by atoms with Crippen LogP contribution in [0.4, 0.5) is 0 Å². The van der Waals surface area contributed by atoms with E-state index in [1.54, 1.807) is 6.07 Å². The van der Waals surface area contributed by atoms with Crippen molar-refractivity contribution in [1.29, 1.82) is 0 Å². The molecule has 4 nitrogen and oxygen atoms in total. The highest BCUT2D eigenvalue weighted by Gasteiger charge is 2.05. The smallest absolute Gasteiger partial charge is 0.271 e. The van der Waals surface area contributed by atoms with Crippen molar-refractivity contribution in [3.8, 4) is 0 Å². The van der Waals surface area contributed by atoms with E-state index in [-0.39, 0.29) is 5.56 Å². The molecular formula is C11H15N3O. The van der Waals surface area contributed by atoms with E-state index in [2.05, 4.69) is 23.9 Å². The van der Waals surface area contributed by atoms with Crippen molar-refractivity contribution >= 4 is 5.65 Å². The number of aromatic amines is 1. The minimum absolute atomic E-state index is 0.0382. The molecule has 2 aromatic rings. The average Bonchev–Trinajstić information content (AvgIpc) is 2.44. The van der Waals surface area contributed by atoms with Gasteiger partial charge in [-0.05, 0) is 30.9 Å². The van der Waals surface area contributed by atoms with Crippen molar-refractivity contribution in [3.63, 3.8) is 0 Å². The second kappa shape index (κ2) is 3.53. The summed E-state index contributed by atoms with van der Waals surface area (Å²) in [5.41, 5.74) is 1.72. The van der Waals surface area contributed by atoms with E-state index in [4.69, 9.17) is 0 Å².